The molecule has 5 saturated carbocycles. The summed E-state index contributed by atoms with van der Waals surface area (Å²) in [5.41, 5.74) is 5.43. The summed E-state index contributed by atoms with van der Waals surface area (Å²) < 4.78 is 0. The molecule has 2 bridgehead atoms. The summed E-state index contributed by atoms with van der Waals surface area (Å²) in [6, 6.07) is 0. The molecule has 0 amide bonds. The molecule has 0 unspecified atom stereocenters. The second-order valence-corrected chi connectivity index (χ2v) is 6.53. The molecule has 0 spiro atoms. The Morgan fingerprint density at radius 3 is 2.50 bits per heavy atom. The van der Waals surface area contributed by atoms with E-state index in [1.54, 1.807) is 0 Å². The van der Waals surface area contributed by atoms with E-state index in [0.717, 1.165) is 35.5 Å². The van der Waals surface area contributed by atoms with Crippen LogP contribution in [0.1, 0.15) is 12.8 Å². The number of nitrogens with two attached hydrogens (primary N) is 1. The average Bonchev–Trinajstić information content (AvgIpc) is 2.63. The molecule has 0 aromatic heterocycles. The molecule has 0 heterocycles. The van der Waals surface area contributed by atoms with E-state index in [0.29, 0.717) is 18.4 Å². The van der Waals surface area contributed by atoms with Gasteiger partial charge in [0, 0.05) is 6.54 Å². The van der Waals surface area contributed by atoms with E-state index in [-0.39, 0.29) is 0 Å². The van der Waals surface area contributed by atoms with Gasteiger partial charge in [-0.3, -0.25) is 0 Å². The van der Waals surface area contributed by atoms with Crippen molar-refractivity contribution in [1.82, 2.24) is 0 Å². The Bertz CT molecular complexity index is 337. The van der Waals surface area contributed by atoms with Gasteiger partial charge >= 0.3 is 0 Å². The summed E-state index contributed by atoms with van der Waals surface area (Å²) in [5, 5.41) is 10.7. The quantitative estimate of drug-likeness (QED) is 0.632. The molecule has 5 rings (SSSR count). The molecule has 3 N–H and O–H groups in total. The highest BCUT2D eigenvalue weighted by Gasteiger charge is 2.84. The van der Waals surface area contributed by atoms with Crippen molar-refractivity contribution >= 4 is 0 Å². The van der Waals surface area contributed by atoms with Gasteiger partial charge in [0.2, 0.25) is 0 Å². The summed E-state index contributed by atoms with van der Waals surface area (Å²) in [4.78, 5) is 0. The van der Waals surface area contributed by atoms with Crippen LogP contribution in [-0.4, -0.2) is 17.3 Å². The van der Waals surface area contributed by atoms with Gasteiger partial charge in [-0.25, -0.2) is 0 Å². The number of fused-ring (bicyclic) bond motifs is 2. The fourth-order valence-electron chi connectivity index (χ4n) is 7.00. The summed E-state index contributed by atoms with van der Waals surface area (Å²) >= 11 is 0. The lowest BCUT2D eigenvalue weighted by Crippen LogP contribution is -2.57. The molecule has 14 heavy (non-hydrogen) atoms. The van der Waals surface area contributed by atoms with Crippen LogP contribution < -0.4 is 5.73 Å². The van der Waals surface area contributed by atoms with Crippen LogP contribution >= 0.6 is 0 Å². The standard InChI is InChI=1S/C12H17NO/c13-3-12(14)10-5-2-6-8-4(5)1-7(10)9(8)11(6)12/h4-11,14H,1-3,13H2/t4-,5+,6+,7-,8-,9-,10+,11+,12-/m0/s1. The lowest BCUT2D eigenvalue weighted by molar-refractivity contribution is -0.123. The molecular weight excluding hydrogens is 174 g/mol. The van der Waals surface area contributed by atoms with Gasteiger partial charge in [-0.2, -0.15) is 0 Å². The maximum atomic E-state index is 10.7. The van der Waals surface area contributed by atoms with Gasteiger partial charge in [0.25, 0.3) is 0 Å². The van der Waals surface area contributed by atoms with Crippen molar-refractivity contribution in [1.29, 1.82) is 0 Å². The van der Waals surface area contributed by atoms with Crippen molar-refractivity contribution in [2.24, 2.45) is 53.1 Å². The third kappa shape index (κ3) is 0.409. The molecule has 9 atom stereocenters. The van der Waals surface area contributed by atoms with Gasteiger partial charge < -0.3 is 10.8 Å². The molecule has 0 radical (unpaired) electrons. The van der Waals surface area contributed by atoms with Gasteiger partial charge in [-0.15, -0.1) is 0 Å². The van der Waals surface area contributed by atoms with E-state index in [9.17, 15) is 5.11 Å². The van der Waals surface area contributed by atoms with Crippen LogP contribution in [0.4, 0.5) is 0 Å². The predicted octanol–water partition coefficient (Wildman–Crippen LogP) is 0.454. The lowest BCUT2D eigenvalue weighted by Gasteiger charge is -2.51. The third-order valence-electron chi connectivity index (χ3n) is 6.85. The second kappa shape index (κ2) is 1.69. The van der Waals surface area contributed by atoms with Crippen LogP contribution in [0.3, 0.4) is 0 Å². The highest BCUT2D eigenvalue weighted by molar-refractivity contribution is 5.32. The van der Waals surface area contributed by atoms with E-state index in [2.05, 4.69) is 0 Å². The number of rotatable bonds is 1. The van der Waals surface area contributed by atoms with Gasteiger partial charge in [0.1, 0.15) is 0 Å². The van der Waals surface area contributed by atoms with Crippen molar-refractivity contribution in [2.75, 3.05) is 6.54 Å². The second-order valence-electron chi connectivity index (χ2n) is 6.53. The number of aliphatic hydroxyl groups is 1. The largest absolute Gasteiger partial charge is 0.388 e. The Hall–Kier alpha value is -0.0800. The normalized spacial score (nSPS) is 80.1. The zero-order valence-corrected chi connectivity index (χ0v) is 8.26. The molecule has 2 nitrogen and oxygen atoms in total. The minimum Gasteiger partial charge on any atom is -0.388 e. The maximum absolute atomic E-state index is 10.7. The molecule has 5 aliphatic carbocycles. The van der Waals surface area contributed by atoms with Crippen molar-refractivity contribution in [2.45, 2.75) is 18.4 Å². The van der Waals surface area contributed by atoms with Gasteiger partial charge in [-0.05, 0) is 60.2 Å². The topological polar surface area (TPSA) is 46.2 Å². The zero-order chi connectivity index (χ0) is 9.24. The maximum Gasteiger partial charge on any atom is 0.0836 e. The minimum atomic E-state index is -0.426. The summed E-state index contributed by atoms with van der Waals surface area (Å²) in [6.45, 7) is 0.530. The molecule has 2 heteroatoms. The first-order valence-electron chi connectivity index (χ1n) is 6.20. The smallest absolute Gasteiger partial charge is 0.0836 e. The Balaban J connectivity index is 1.79. The summed E-state index contributed by atoms with van der Waals surface area (Å²) in [5.74, 6) is 6.82. The van der Waals surface area contributed by atoms with Gasteiger partial charge in [-0.1, -0.05) is 0 Å². The number of hydrogen-bond acceptors (Lipinski definition) is 2. The minimum absolute atomic E-state index is 0.426. The summed E-state index contributed by atoms with van der Waals surface area (Å²) in [6.07, 6.45) is 2.89. The highest BCUT2D eigenvalue weighted by atomic mass is 16.3. The van der Waals surface area contributed by atoms with Crippen LogP contribution in [0.5, 0.6) is 0 Å². The molecule has 0 aromatic rings. The molecule has 5 fully saturated rings. The van der Waals surface area contributed by atoms with Gasteiger partial charge in [0.05, 0.1) is 5.60 Å². The number of hydrogen-bond donors (Lipinski definition) is 2. The average molecular weight is 191 g/mol. The Labute approximate surface area is 83.9 Å². The SMILES string of the molecule is NC[C@]1(O)[C@@H]2[C@@H]3C[C@@H]4[C@@H]5[C@H]3C[C@H]2[C@@H]5[C@@H]41. The molecule has 76 valence electrons. The monoisotopic (exact) mass is 191 g/mol. The molecule has 0 saturated heterocycles. The van der Waals surface area contributed by atoms with Gasteiger partial charge in [0.15, 0.2) is 0 Å². The van der Waals surface area contributed by atoms with Crippen molar-refractivity contribution in [3.05, 3.63) is 0 Å². The molecular formula is C12H17NO. The fourth-order valence-corrected chi connectivity index (χ4v) is 7.00. The van der Waals surface area contributed by atoms with Crippen LogP contribution in [-0.2, 0) is 0 Å². The van der Waals surface area contributed by atoms with Crippen molar-refractivity contribution in [3.63, 3.8) is 0 Å². The first-order valence-corrected chi connectivity index (χ1v) is 6.20. The molecule has 0 aliphatic heterocycles. The van der Waals surface area contributed by atoms with Crippen LogP contribution in [0.25, 0.3) is 0 Å². The van der Waals surface area contributed by atoms with Crippen molar-refractivity contribution in [3.8, 4) is 0 Å². The third-order valence-corrected chi connectivity index (χ3v) is 6.85. The van der Waals surface area contributed by atoms with Crippen LogP contribution in [0.2, 0.25) is 0 Å². The van der Waals surface area contributed by atoms with E-state index in [1.807, 2.05) is 0 Å². The van der Waals surface area contributed by atoms with E-state index < -0.39 is 5.60 Å². The molecule has 0 aromatic carbocycles. The lowest BCUT2D eigenvalue weighted by atomic mass is 9.56. The molecule has 5 aliphatic rings. The first kappa shape index (κ1) is 7.24. The Kier molecular flexibility index (Phi) is 0.875. The van der Waals surface area contributed by atoms with Crippen molar-refractivity contribution < 1.29 is 5.11 Å². The predicted molar refractivity (Wildman–Crippen MR) is 51.2 cm³/mol. The zero-order valence-electron chi connectivity index (χ0n) is 8.26. The first-order chi connectivity index (χ1) is 6.77. The van der Waals surface area contributed by atoms with Crippen LogP contribution in [0, 0.1) is 47.3 Å². The van der Waals surface area contributed by atoms with Crippen LogP contribution in [0.15, 0.2) is 0 Å². The highest BCUT2D eigenvalue weighted by Crippen LogP contribution is 2.85. The van der Waals surface area contributed by atoms with E-state index >= 15 is 0 Å². The summed E-state index contributed by atoms with van der Waals surface area (Å²) in [7, 11) is 0. The van der Waals surface area contributed by atoms with E-state index in [4.69, 9.17) is 5.73 Å². The van der Waals surface area contributed by atoms with E-state index in [1.165, 1.54) is 12.8 Å². The fraction of sp³-hybridized carbons (Fsp3) is 1.00. The Morgan fingerprint density at radius 1 is 1.00 bits per heavy atom. The Morgan fingerprint density at radius 2 is 1.71 bits per heavy atom.